The molecule has 20 heavy (non-hydrogen) atoms. The first-order valence-corrected chi connectivity index (χ1v) is 7.21. The molecule has 3 rings (SSSR count). The monoisotopic (exact) mass is 275 g/mol. The number of carbonyl (C=O) groups excluding carboxylic acids is 1. The molecule has 2 saturated heterocycles. The molecule has 0 saturated carbocycles. The number of carbonyl (C=O) groups is 1. The summed E-state index contributed by atoms with van der Waals surface area (Å²) in [6.07, 6.45) is 3.68. The number of amides is 1. The predicted octanol–water partition coefficient (Wildman–Crippen LogP) is -0.403. The fourth-order valence-electron chi connectivity index (χ4n) is 2.91. The predicted molar refractivity (Wildman–Crippen MR) is 75.7 cm³/mol. The van der Waals surface area contributed by atoms with Crippen LogP contribution in [0.5, 0.6) is 0 Å². The van der Waals surface area contributed by atoms with Crippen molar-refractivity contribution in [1.82, 2.24) is 26.1 Å². The third-order valence-electron chi connectivity index (χ3n) is 4.05. The van der Waals surface area contributed by atoms with Gasteiger partial charge in [0.1, 0.15) is 0 Å². The topological polar surface area (TPSA) is 69.3 Å². The number of hydrazine groups is 1. The molecule has 0 spiro atoms. The Labute approximate surface area is 118 Å². The number of hydrogen-bond donors (Lipinski definition) is 3. The fourth-order valence-corrected chi connectivity index (χ4v) is 2.91. The average Bonchev–Trinajstić information content (AvgIpc) is 2.52. The Kier molecular flexibility index (Phi) is 3.95. The van der Waals surface area contributed by atoms with Crippen LogP contribution in [-0.2, 0) is 10.3 Å². The highest BCUT2D eigenvalue weighted by molar-refractivity contribution is 5.78. The van der Waals surface area contributed by atoms with Crippen LogP contribution in [0.25, 0.3) is 0 Å². The van der Waals surface area contributed by atoms with Crippen LogP contribution in [0.15, 0.2) is 24.4 Å². The quantitative estimate of drug-likeness (QED) is 0.700. The molecule has 108 valence electrons. The van der Waals surface area contributed by atoms with Gasteiger partial charge in [0.15, 0.2) is 0 Å². The van der Waals surface area contributed by atoms with Gasteiger partial charge in [-0.05, 0) is 38.1 Å². The van der Waals surface area contributed by atoms with E-state index >= 15 is 0 Å². The van der Waals surface area contributed by atoms with Crippen LogP contribution in [-0.4, -0.2) is 48.6 Å². The normalized spacial score (nSPS) is 22.8. The second-order valence-corrected chi connectivity index (χ2v) is 5.38. The summed E-state index contributed by atoms with van der Waals surface area (Å²) >= 11 is 0. The van der Waals surface area contributed by atoms with E-state index < -0.39 is 0 Å². The highest BCUT2D eigenvalue weighted by atomic mass is 16.2. The van der Waals surface area contributed by atoms with E-state index in [4.69, 9.17) is 0 Å². The summed E-state index contributed by atoms with van der Waals surface area (Å²) in [5.74, 6) is 0.102. The molecule has 0 bridgehead atoms. The molecule has 0 radical (unpaired) electrons. The second kappa shape index (κ2) is 5.87. The smallest absolute Gasteiger partial charge is 0.250 e. The van der Waals surface area contributed by atoms with Crippen molar-refractivity contribution in [2.45, 2.75) is 18.4 Å². The molecule has 3 N–H and O–H groups in total. The molecule has 3 heterocycles. The minimum atomic E-state index is -0.237. The van der Waals surface area contributed by atoms with Crippen molar-refractivity contribution in [3.05, 3.63) is 30.1 Å². The number of hydrogen-bond acceptors (Lipinski definition) is 5. The van der Waals surface area contributed by atoms with E-state index in [1.165, 1.54) is 0 Å². The fraction of sp³-hybridized carbons (Fsp3) is 0.571. The third kappa shape index (κ3) is 2.67. The summed E-state index contributed by atoms with van der Waals surface area (Å²) in [6, 6.07) is 5.98. The Balaban J connectivity index is 1.84. The molecule has 2 fully saturated rings. The van der Waals surface area contributed by atoms with Crippen molar-refractivity contribution in [3.8, 4) is 0 Å². The molecular formula is C14H21N5O. The summed E-state index contributed by atoms with van der Waals surface area (Å²) in [5, 5.41) is 8.23. The standard InChI is InChI=1S/C14H21N5O/c20-13-11-16-9-10-19(13)18-14(4-7-15-8-5-14)12-3-1-2-6-17-12/h1-3,6,15-16,18H,4-5,7-11H2. The van der Waals surface area contributed by atoms with E-state index in [9.17, 15) is 4.79 Å². The van der Waals surface area contributed by atoms with Crippen molar-refractivity contribution in [3.63, 3.8) is 0 Å². The molecule has 2 aliphatic heterocycles. The summed E-state index contributed by atoms with van der Waals surface area (Å²) in [6.45, 7) is 3.80. The number of nitrogens with zero attached hydrogens (tertiary/aromatic N) is 2. The first-order valence-electron chi connectivity index (χ1n) is 7.21. The molecule has 1 aromatic rings. The van der Waals surface area contributed by atoms with Gasteiger partial charge in [-0.1, -0.05) is 6.07 Å². The Bertz CT molecular complexity index is 458. The van der Waals surface area contributed by atoms with Gasteiger partial charge in [-0.2, -0.15) is 0 Å². The van der Waals surface area contributed by atoms with E-state index in [0.717, 1.165) is 38.2 Å². The van der Waals surface area contributed by atoms with Gasteiger partial charge in [0.25, 0.3) is 5.91 Å². The maximum atomic E-state index is 12.0. The van der Waals surface area contributed by atoms with E-state index in [2.05, 4.69) is 21.0 Å². The van der Waals surface area contributed by atoms with Crippen LogP contribution in [0.3, 0.4) is 0 Å². The minimum absolute atomic E-state index is 0.102. The van der Waals surface area contributed by atoms with Crippen LogP contribution in [0.4, 0.5) is 0 Å². The summed E-state index contributed by atoms with van der Waals surface area (Å²) in [5.41, 5.74) is 4.26. The highest BCUT2D eigenvalue weighted by Gasteiger charge is 2.38. The first kappa shape index (κ1) is 13.5. The van der Waals surface area contributed by atoms with Crippen molar-refractivity contribution >= 4 is 5.91 Å². The number of rotatable bonds is 3. The Hall–Kier alpha value is -1.50. The molecule has 0 unspecified atom stereocenters. The highest BCUT2D eigenvalue weighted by Crippen LogP contribution is 2.29. The van der Waals surface area contributed by atoms with E-state index in [1.807, 2.05) is 24.4 Å². The lowest BCUT2D eigenvalue weighted by atomic mass is 9.85. The average molecular weight is 275 g/mol. The number of piperidine rings is 1. The minimum Gasteiger partial charge on any atom is -0.317 e. The van der Waals surface area contributed by atoms with Crippen LogP contribution in [0.1, 0.15) is 18.5 Å². The number of aromatic nitrogens is 1. The summed E-state index contributed by atoms with van der Waals surface area (Å²) in [4.78, 5) is 16.5. The Morgan fingerprint density at radius 1 is 1.20 bits per heavy atom. The van der Waals surface area contributed by atoms with Gasteiger partial charge >= 0.3 is 0 Å². The Morgan fingerprint density at radius 2 is 2.05 bits per heavy atom. The molecule has 2 aliphatic rings. The van der Waals surface area contributed by atoms with Crippen molar-refractivity contribution in [1.29, 1.82) is 0 Å². The molecule has 0 atom stereocenters. The van der Waals surface area contributed by atoms with Gasteiger partial charge in [-0.25, -0.2) is 5.43 Å². The van der Waals surface area contributed by atoms with Crippen LogP contribution in [0, 0.1) is 0 Å². The molecule has 1 aromatic heterocycles. The van der Waals surface area contributed by atoms with Gasteiger partial charge in [0, 0.05) is 19.3 Å². The van der Waals surface area contributed by atoms with Crippen molar-refractivity contribution in [2.24, 2.45) is 0 Å². The SMILES string of the molecule is O=C1CNCCN1NC1(c2ccccn2)CCNCC1. The van der Waals surface area contributed by atoms with Gasteiger partial charge in [-0.15, -0.1) is 0 Å². The number of nitrogens with one attached hydrogen (secondary N) is 3. The van der Waals surface area contributed by atoms with Crippen molar-refractivity contribution in [2.75, 3.05) is 32.7 Å². The van der Waals surface area contributed by atoms with Crippen LogP contribution in [0.2, 0.25) is 0 Å². The van der Waals surface area contributed by atoms with Crippen molar-refractivity contribution < 1.29 is 4.79 Å². The van der Waals surface area contributed by atoms with Gasteiger partial charge in [-0.3, -0.25) is 14.8 Å². The lowest BCUT2D eigenvalue weighted by Crippen LogP contribution is -2.62. The van der Waals surface area contributed by atoms with Gasteiger partial charge in [0.2, 0.25) is 0 Å². The maximum Gasteiger partial charge on any atom is 0.250 e. The summed E-state index contributed by atoms with van der Waals surface area (Å²) < 4.78 is 0. The lowest BCUT2D eigenvalue weighted by Gasteiger charge is -2.43. The van der Waals surface area contributed by atoms with E-state index in [1.54, 1.807) is 5.01 Å². The zero-order valence-corrected chi connectivity index (χ0v) is 11.6. The maximum absolute atomic E-state index is 12.0. The largest absolute Gasteiger partial charge is 0.317 e. The lowest BCUT2D eigenvalue weighted by molar-refractivity contribution is -0.138. The molecule has 1 amide bonds. The molecule has 6 nitrogen and oxygen atoms in total. The van der Waals surface area contributed by atoms with E-state index in [0.29, 0.717) is 13.1 Å². The number of pyridine rings is 1. The molecule has 0 aromatic carbocycles. The third-order valence-corrected chi connectivity index (χ3v) is 4.05. The molecule has 0 aliphatic carbocycles. The number of piperazine rings is 1. The Morgan fingerprint density at radius 3 is 2.75 bits per heavy atom. The van der Waals surface area contributed by atoms with Gasteiger partial charge in [0.05, 0.1) is 17.8 Å². The zero-order valence-electron chi connectivity index (χ0n) is 11.6. The molecular weight excluding hydrogens is 254 g/mol. The van der Waals surface area contributed by atoms with E-state index in [-0.39, 0.29) is 11.4 Å². The summed E-state index contributed by atoms with van der Waals surface area (Å²) in [7, 11) is 0. The zero-order chi connectivity index (χ0) is 13.8. The second-order valence-electron chi connectivity index (χ2n) is 5.38. The molecule has 6 heteroatoms. The van der Waals surface area contributed by atoms with Crippen LogP contribution < -0.4 is 16.1 Å². The first-order chi connectivity index (χ1) is 9.80. The van der Waals surface area contributed by atoms with Gasteiger partial charge < -0.3 is 10.6 Å². The van der Waals surface area contributed by atoms with Crippen LogP contribution >= 0.6 is 0 Å².